The molecule has 0 saturated carbocycles. The Balaban J connectivity index is 1.64. The summed E-state index contributed by atoms with van der Waals surface area (Å²) in [5.41, 5.74) is 16.3. The van der Waals surface area contributed by atoms with Gasteiger partial charge in [0, 0.05) is 22.2 Å². The molecular formula is C22H19N5OS. The van der Waals surface area contributed by atoms with Gasteiger partial charge >= 0.3 is 0 Å². The molecule has 2 heterocycles. The van der Waals surface area contributed by atoms with Crippen molar-refractivity contribution in [3.8, 4) is 0 Å². The molecule has 7 heteroatoms. The van der Waals surface area contributed by atoms with Gasteiger partial charge in [-0.2, -0.15) is 0 Å². The molecule has 0 radical (unpaired) electrons. The molecule has 0 fully saturated rings. The van der Waals surface area contributed by atoms with Crippen LogP contribution in [0.1, 0.15) is 21.6 Å². The average Bonchev–Trinajstić information content (AvgIpc) is 2.89. The zero-order valence-electron chi connectivity index (χ0n) is 15.5. The Bertz CT molecular complexity index is 1110. The van der Waals surface area contributed by atoms with E-state index < -0.39 is 0 Å². The lowest BCUT2D eigenvalue weighted by Crippen LogP contribution is -2.23. The number of rotatable bonds is 4. The zero-order chi connectivity index (χ0) is 20.2. The van der Waals surface area contributed by atoms with Crippen LogP contribution in [0.25, 0.3) is 0 Å². The maximum Gasteiger partial charge on any atom is 0.251 e. The molecule has 0 unspecified atom stereocenters. The Labute approximate surface area is 172 Å². The first-order valence-corrected chi connectivity index (χ1v) is 9.83. The summed E-state index contributed by atoms with van der Waals surface area (Å²) >= 11 is 1.35. The van der Waals surface area contributed by atoms with E-state index in [1.807, 2.05) is 54.6 Å². The van der Waals surface area contributed by atoms with Crippen LogP contribution in [0.5, 0.6) is 0 Å². The van der Waals surface area contributed by atoms with E-state index in [0.717, 1.165) is 16.2 Å². The van der Waals surface area contributed by atoms with Crippen molar-refractivity contribution in [2.45, 2.75) is 11.4 Å². The molecule has 3 aromatic rings. The number of thioether (sulfide) groups is 1. The van der Waals surface area contributed by atoms with Gasteiger partial charge in [-0.1, -0.05) is 48.2 Å². The predicted octanol–water partition coefficient (Wildman–Crippen LogP) is 3.32. The first-order chi connectivity index (χ1) is 14.1. The number of nitrogens with one attached hydrogen (secondary N) is 1. The van der Waals surface area contributed by atoms with Gasteiger partial charge in [0.25, 0.3) is 5.91 Å². The molecule has 4 rings (SSSR count). The number of pyridine rings is 1. The first kappa shape index (κ1) is 18.8. The minimum absolute atomic E-state index is 0.196. The third kappa shape index (κ3) is 4.14. The van der Waals surface area contributed by atoms with Crippen molar-refractivity contribution in [1.82, 2.24) is 10.3 Å². The summed E-state index contributed by atoms with van der Waals surface area (Å²) in [6, 6.07) is 20.6. The first-order valence-electron chi connectivity index (χ1n) is 9.01. The summed E-state index contributed by atoms with van der Waals surface area (Å²) in [4.78, 5) is 22.4. The Morgan fingerprint density at radius 3 is 2.55 bits per heavy atom. The molecule has 2 aromatic carbocycles. The number of amides is 1. The number of carbonyl (C=O) groups excluding carboxylic acids is 1. The largest absolute Gasteiger partial charge is 0.395 e. The highest BCUT2D eigenvalue weighted by molar-refractivity contribution is 8.03. The van der Waals surface area contributed by atoms with E-state index in [1.54, 1.807) is 18.3 Å². The van der Waals surface area contributed by atoms with E-state index in [4.69, 9.17) is 16.5 Å². The number of fused-ring (bicyclic) bond motifs is 1. The molecule has 6 nitrogen and oxygen atoms in total. The Morgan fingerprint density at radius 1 is 1.00 bits per heavy atom. The van der Waals surface area contributed by atoms with Gasteiger partial charge in [-0.25, -0.2) is 4.99 Å². The number of aromatic nitrogens is 1. The molecule has 1 aliphatic heterocycles. The Hall–Kier alpha value is -3.58. The van der Waals surface area contributed by atoms with Crippen LogP contribution in [0.4, 0.5) is 5.69 Å². The fourth-order valence-electron chi connectivity index (χ4n) is 2.89. The number of hydrogen-bond donors (Lipinski definition) is 3. The lowest BCUT2D eigenvalue weighted by atomic mass is 10.1. The van der Waals surface area contributed by atoms with Gasteiger partial charge in [-0.05, 0) is 30.3 Å². The van der Waals surface area contributed by atoms with Gasteiger partial charge in [-0.15, -0.1) is 0 Å². The third-order valence-electron chi connectivity index (χ3n) is 4.40. The quantitative estimate of drug-likeness (QED) is 0.622. The van der Waals surface area contributed by atoms with Crippen molar-refractivity contribution >= 4 is 29.1 Å². The van der Waals surface area contributed by atoms with E-state index in [-0.39, 0.29) is 5.91 Å². The smallest absolute Gasteiger partial charge is 0.251 e. The lowest BCUT2D eigenvalue weighted by Gasteiger charge is -2.08. The van der Waals surface area contributed by atoms with E-state index in [1.165, 1.54) is 11.8 Å². The summed E-state index contributed by atoms with van der Waals surface area (Å²) in [5, 5.41) is 3.37. The highest BCUT2D eigenvalue weighted by Gasteiger charge is 2.19. The fraction of sp³-hybridized carbons (Fsp3) is 0.0455. The van der Waals surface area contributed by atoms with Crippen molar-refractivity contribution in [2.75, 3.05) is 0 Å². The van der Waals surface area contributed by atoms with Crippen molar-refractivity contribution < 1.29 is 4.79 Å². The maximum atomic E-state index is 12.6. The number of allylic oxidation sites excluding steroid dienone is 1. The molecule has 0 aliphatic carbocycles. The van der Waals surface area contributed by atoms with Crippen LogP contribution in [-0.4, -0.2) is 16.6 Å². The second-order valence-corrected chi connectivity index (χ2v) is 7.48. The van der Waals surface area contributed by atoms with E-state index in [9.17, 15) is 4.79 Å². The second kappa shape index (κ2) is 8.20. The van der Waals surface area contributed by atoms with Gasteiger partial charge in [0.2, 0.25) is 0 Å². The minimum Gasteiger partial charge on any atom is -0.395 e. The predicted molar refractivity (Wildman–Crippen MR) is 116 cm³/mol. The standard InChI is InChI=1S/C22H19N5OS/c23-19-20(14-6-2-1-3-7-14)27-17-12-15(9-10-18(17)29-21(19)24)22(28)26-13-16-8-4-5-11-25-16/h1-12H,13,23-24H2,(H,26,28). The molecule has 29 heavy (non-hydrogen) atoms. The fourth-order valence-corrected chi connectivity index (χ4v) is 3.68. The molecule has 0 atom stereocenters. The molecule has 0 saturated heterocycles. The van der Waals surface area contributed by atoms with Crippen molar-refractivity contribution in [3.05, 3.63) is 100 Å². The van der Waals surface area contributed by atoms with Crippen LogP contribution in [0, 0.1) is 0 Å². The molecule has 5 N–H and O–H groups in total. The topological polar surface area (TPSA) is 106 Å². The highest BCUT2D eigenvalue weighted by atomic mass is 32.2. The SMILES string of the molecule is NC1=C(N)C(c2ccccc2)=Nc2cc(C(=O)NCc3ccccn3)ccc2S1. The van der Waals surface area contributed by atoms with Crippen molar-refractivity contribution in [1.29, 1.82) is 0 Å². The van der Waals surface area contributed by atoms with Crippen molar-refractivity contribution in [2.24, 2.45) is 16.5 Å². The molecular weight excluding hydrogens is 382 g/mol. The van der Waals surface area contributed by atoms with Gasteiger partial charge in [0.05, 0.1) is 34.4 Å². The van der Waals surface area contributed by atoms with E-state index in [0.29, 0.717) is 34.2 Å². The van der Waals surface area contributed by atoms with Gasteiger partial charge < -0.3 is 16.8 Å². The average molecular weight is 401 g/mol. The van der Waals surface area contributed by atoms with Crippen LogP contribution >= 0.6 is 11.8 Å². The monoisotopic (exact) mass is 401 g/mol. The number of carbonyl (C=O) groups is 1. The van der Waals surface area contributed by atoms with Crippen LogP contribution in [0.2, 0.25) is 0 Å². The molecule has 1 aliphatic rings. The Kier molecular flexibility index (Phi) is 5.31. The van der Waals surface area contributed by atoms with E-state index in [2.05, 4.69) is 10.3 Å². The molecule has 1 amide bonds. The number of hydrogen-bond acceptors (Lipinski definition) is 6. The summed E-state index contributed by atoms with van der Waals surface area (Å²) < 4.78 is 0. The molecule has 144 valence electrons. The molecule has 1 aromatic heterocycles. The highest BCUT2D eigenvalue weighted by Crippen LogP contribution is 2.37. The lowest BCUT2D eigenvalue weighted by molar-refractivity contribution is 0.0950. The van der Waals surface area contributed by atoms with Crippen LogP contribution in [-0.2, 0) is 6.54 Å². The summed E-state index contributed by atoms with van der Waals surface area (Å²) in [6.07, 6.45) is 1.70. The van der Waals surface area contributed by atoms with Crippen LogP contribution in [0.15, 0.2) is 93.5 Å². The number of benzene rings is 2. The zero-order valence-corrected chi connectivity index (χ0v) is 16.3. The maximum absolute atomic E-state index is 12.6. The van der Waals surface area contributed by atoms with Gasteiger partial charge in [0.1, 0.15) is 0 Å². The van der Waals surface area contributed by atoms with Crippen molar-refractivity contribution in [3.63, 3.8) is 0 Å². The van der Waals surface area contributed by atoms with E-state index >= 15 is 0 Å². The second-order valence-electron chi connectivity index (χ2n) is 6.39. The normalized spacial score (nSPS) is 13.3. The van der Waals surface area contributed by atoms with Gasteiger partial charge in [-0.3, -0.25) is 9.78 Å². The van der Waals surface area contributed by atoms with Crippen LogP contribution in [0.3, 0.4) is 0 Å². The summed E-state index contributed by atoms with van der Waals surface area (Å²) in [5.74, 6) is -0.196. The summed E-state index contributed by atoms with van der Waals surface area (Å²) in [7, 11) is 0. The molecule has 0 bridgehead atoms. The minimum atomic E-state index is -0.196. The number of aliphatic imine (C=N–C) groups is 1. The number of nitrogens with zero attached hydrogens (tertiary/aromatic N) is 2. The molecule has 0 spiro atoms. The Morgan fingerprint density at radius 2 is 1.79 bits per heavy atom. The van der Waals surface area contributed by atoms with Crippen LogP contribution < -0.4 is 16.8 Å². The summed E-state index contributed by atoms with van der Waals surface area (Å²) in [6.45, 7) is 0.353. The number of nitrogens with two attached hydrogens (primary N) is 2. The van der Waals surface area contributed by atoms with Gasteiger partial charge in [0.15, 0.2) is 0 Å². The third-order valence-corrected chi connectivity index (χ3v) is 5.40.